The molecule has 4 heteroatoms. The zero-order valence-electron chi connectivity index (χ0n) is 10.4. The number of aryl methyl sites for hydroxylation is 1. The zero-order valence-corrected chi connectivity index (χ0v) is 11.9. The molecule has 0 spiro atoms. The second kappa shape index (κ2) is 5.32. The summed E-state index contributed by atoms with van der Waals surface area (Å²) in [4.78, 5) is 12.4. The summed E-state index contributed by atoms with van der Waals surface area (Å²) in [6, 6.07) is 7.71. The molecule has 0 fully saturated rings. The molecule has 1 nitrogen and oxygen atoms in total. The van der Waals surface area contributed by atoms with E-state index in [0.29, 0.717) is 21.7 Å². The van der Waals surface area contributed by atoms with Crippen LogP contribution in [0.3, 0.4) is 0 Å². The van der Waals surface area contributed by atoms with Crippen LogP contribution in [0.4, 0.5) is 4.39 Å². The van der Waals surface area contributed by atoms with Crippen LogP contribution < -0.4 is 0 Å². The average molecular weight is 297 g/mol. The third-order valence-electron chi connectivity index (χ3n) is 3.01. The first-order chi connectivity index (χ1) is 8.91. The highest BCUT2D eigenvalue weighted by molar-refractivity contribution is 6.35. The van der Waals surface area contributed by atoms with Gasteiger partial charge < -0.3 is 0 Å². The molecule has 2 aromatic carbocycles. The molecule has 0 heterocycles. The quantitative estimate of drug-likeness (QED) is 0.714. The van der Waals surface area contributed by atoms with Gasteiger partial charge >= 0.3 is 0 Å². The lowest BCUT2D eigenvalue weighted by Gasteiger charge is -2.09. The van der Waals surface area contributed by atoms with E-state index in [1.165, 1.54) is 6.07 Å². The fourth-order valence-electron chi connectivity index (χ4n) is 1.83. The van der Waals surface area contributed by atoms with Crippen molar-refractivity contribution in [3.63, 3.8) is 0 Å². The molecule has 0 N–H and O–H groups in total. The van der Waals surface area contributed by atoms with Gasteiger partial charge in [0, 0.05) is 16.1 Å². The second-order valence-corrected chi connectivity index (χ2v) is 5.14. The van der Waals surface area contributed by atoms with E-state index < -0.39 is 5.82 Å². The highest BCUT2D eigenvalue weighted by atomic mass is 35.5. The minimum Gasteiger partial charge on any atom is -0.289 e. The number of carbonyl (C=O) groups excluding carboxylic acids is 1. The third kappa shape index (κ3) is 2.65. The van der Waals surface area contributed by atoms with E-state index in [0.717, 1.165) is 6.07 Å². The molecule has 19 heavy (non-hydrogen) atoms. The Morgan fingerprint density at radius 2 is 1.74 bits per heavy atom. The van der Waals surface area contributed by atoms with Crippen LogP contribution >= 0.6 is 23.2 Å². The van der Waals surface area contributed by atoms with Gasteiger partial charge in [0.05, 0.1) is 5.02 Å². The summed E-state index contributed by atoms with van der Waals surface area (Å²) in [5.41, 5.74) is 1.82. The van der Waals surface area contributed by atoms with E-state index in [4.69, 9.17) is 23.2 Å². The molecular weight excluding hydrogens is 286 g/mol. The number of ketones is 1. The Morgan fingerprint density at radius 3 is 2.42 bits per heavy atom. The van der Waals surface area contributed by atoms with Crippen molar-refractivity contribution in [3.05, 3.63) is 68.4 Å². The SMILES string of the molecule is Cc1cc(C(=O)c2cccc(Cl)c2C)c(Cl)cc1F. The van der Waals surface area contributed by atoms with E-state index in [2.05, 4.69) is 0 Å². The summed E-state index contributed by atoms with van der Waals surface area (Å²) in [7, 11) is 0. The molecule has 2 rings (SSSR count). The standard InChI is InChI=1S/C15H11Cl2FO/c1-8-6-11(13(17)7-14(8)18)15(19)10-4-3-5-12(16)9(10)2/h3-7H,1-2H3. The van der Waals surface area contributed by atoms with Crippen molar-refractivity contribution in [1.29, 1.82) is 0 Å². The van der Waals surface area contributed by atoms with Crippen molar-refractivity contribution >= 4 is 29.0 Å². The van der Waals surface area contributed by atoms with Crippen molar-refractivity contribution < 1.29 is 9.18 Å². The van der Waals surface area contributed by atoms with E-state index in [1.807, 2.05) is 0 Å². The van der Waals surface area contributed by atoms with Gasteiger partial charge in [-0.1, -0.05) is 35.3 Å². The molecule has 0 aliphatic carbocycles. The number of halogens is 3. The summed E-state index contributed by atoms with van der Waals surface area (Å²) >= 11 is 11.9. The Hall–Kier alpha value is -1.38. The van der Waals surface area contributed by atoms with Gasteiger partial charge in [0.15, 0.2) is 5.78 Å². The van der Waals surface area contributed by atoms with E-state index >= 15 is 0 Å². The number of carbonyl (C=O) groups is 1. The molecular formula is C15H11Cl2FO. The molecule has 0 bridgehead atoms. The molecule has 0 saturated carbocycles. The smallest absolute Gasteiger partial charge is 0.194 e. The Labute approximate surface area is 121 Å². The Morgan fingerprint density at radius 1 is 1.05 bits per heavy atom. The fourth-order valence-corrected chi connectivity index (χ4v) is 2.24. The van der Waals surface area contributed by atoms with Crippen molar-refractivity contribution in [2.75, 3.05) is 0 Å². The van der Waals surface area contributed by atoms with E-state index in [9.17, 15) is 9.18 Å². The lowest BCUT2D eigenvalue weighted by Crippen LogP contribution is -2.06. The summed E-state index contributed by atoms with van der Waals surface area (Å²) < 4.78 is 13.4. The van der Waals surface area contributed by atoms with Crippen LogP contribution in [0.15, 0.2) is 30.3 Å². The highest BCUT2D eigenvalue weighted by Crippen LogP contribution is 2.26. The van der Waals surface area contributed by atoms with Gasteiger partial charge in [-0.25, -0.2) is 4.39 Å². The molecule has 0 unspecified atom stereocenters. The van der Waals surface area contributed by atoms with Crippen LogP contribution in [0.2, 0.25) is 10.0 Å². The maximum absolute atomic E-state index is 13.4. The minimum absolute atomic E-state index is 0.104. The predicted molar refractivity (Wildman–Crippen MR) is 75.8 cm³/mol. The number of hydrogen-bond acceptors (Lipinski definition) is 1. The normalized spacial score (nSPS) is 10.6. The third-order valence-corrected chi connectivity index (χ3v) is 3.73. The summed E-state index contributed by atoms with van der Waals surface area (Å²) in [6.07, 6.45) is 0. The topological polar surface area (TPSA) is 17.1 Å². The summed E-state index contributed by atoms with van der Waals surface area (Å²) in [5, 5.41) is 0.619. The Bertz CT molecular complexity index is 665. The van der Waals surface area contributed by atoms with Crippen LogP contribution in [-0.2, 0) is 0 Å². The van der Waals surface area contributed by atoms with Gasteiger partial charge in [-0.3, -0.25) is 4.79 Å². The van der Waals surface area contributed by atoms with Crippen LogP contribution in [0.5, 0.6) is 0 Å². The molecule has 2 aromatic rings. The first-order valence-electron chi connectivity index (χ1n) is 5.67. The fraction of sp³-hybridized carbons (Fsp3) is 0.133. The predicted octanol–water partition coefficient (Wildman–Crippen LogP) is 4.98. The highest BCUT2D eigenvalue weighted by Gasteiger charge is 2.17. The van der Waals surface area contributed by atoms with Crippen LogP contribution in [-0.4, -0.2) is 5.78 Å². The number of rotatable bonds is 2. The van der Waals surface area contributed by atoms with Crippen molar-refractivity contribution in [2.24, 2.45) is 0 Å². The van der Waals surface area contributed by atoms with Crippen LogP contribution in [0, 0.1) is 19.7 Å². The molecule has 98 valence electrons. The van der Waals surface area contributed by atoms with Crippen LogP contribution in [0.25, 0.3) is 0 Å². The first kappa shape index (κ1) is 14.0. The molecule has 0 atom stereocenters. The maximum Gasteiger partial charge on any atom is 0.194 e. The molecule has 0 aliphatic rings. The maximum atomic E-state index is 13.4. The van der Waals surface area contributed by atoms with Gasteiger partial charge in [-0.05, 0) is 43.2 Å². The molecule has 0 aliphatic heterocycles. The first-order valence-corrected chi connectivity index (χ1v) is 6.43. The van der Waals surface area contributed by atoms with Crippen molar-refractivity contribution in [3.8, 4) is 0 Å². The van der Waals surface area contributed by atoms with Crippen LogP contribution in [0.1, 0.15) is 27.0 Å². The van der Waals surface area contributed by atoms with Gasteiger partial charge in [-0.2, -0.15) is 0 Å². The number of hydrogen-bond donors (Lipinski definition) is 0. The zero-order chi connectivity index (χ0) is 14.2. The average Bonchev–Trinajstić information content (AvgIpc) is 2.36. The Balaban J connectivity index is 2.56. The monoisotopic (exact) mass is 296 g/mol. The lowest BCUT2D eigenvalue weighted by molar-refractivity contribution is 0.103. The molecule has 0 amide bonds. The summed E-state index contributed by atoms with van der Waals surface area (Å²) in [6.45, 7) is 3.35. The minimum atomic E-state index is -0.427. The van der Waals surface area contributed by atoms with Gasteiger partial charge in [0.2, 0.25) is 0 Å². The Kier molecular flexibility index (Phi) is 3.93. The lowest BCUT2D eigenvalue weighted by atomic mass is 9.98. The van der Waals surface area contributed by atoms with Crippen molar-refractivity contribution in [2.45, 2.75) is 13.8 Å². The molecule has 0 radical (unpaired) electrons. The van der Waals surface area contributed by atoms with Gasteiger partial charge in [0.25, 0.3) is 0 Å². The molecule has 0 aromatic heterocycles. The number of benzene rings is 2. The summed E-state index contributed by atoms with van der Waals surface area (Å²) in [5.74, 6) is -0.683. The largest absolute Gasteiger partial charge is 0.289 e. The van der Waals surface area contributed by atoms with Crippen molar-refractivity contribution in [1.82, 2.24) is 0 Å². The van der Waals surface area contributed by atoms with Gasteiger partial charge in [-0.15, -0.1) is 0 Å². The molecule has 0 saturated heterocycles. The second-order valence-electron chi connectivity index (χ2n) is 4.32. The van der Waals surface area contributed by atoms with E-state index in [1.54, 1.807) is 32.0 Å². The van der Waals surface area contributed by atoms with Gasteiger partial charge in [0.1, 0.15) is 5.82 Å². The van der Waals surface area contributed by atoms with E-state index in [-0.39, 0.29) is 16.4 Å².